The van der Waals surface area contributed by atoms with E-state index < -0.39 is 6.23 Å². The third-order valence-electron chi connectivity index (χ3n) is 2.11. The molecule has 0 spiro atoms. The highest BCUT2D eigenvalue weighted by molar-refractivity contribution is 4.83. The number of hydrogen-bond acceptors (Lipinski definition) is 3. The third kappa shape index (κ3) is 1.31. The molecule has 2 atom stereocenters. The molecule has 1 rings (SSSR count). The van der Waals surface area contributed by atoms with Crippen molar-refractivity contribution in [2.75, 3.05) is 6.54 Å². The maximum absolute atomic E-state index is 9.43. The molecule has 1 saturated heterocycles. The number of aliphatic hydroxyl groups is 1. The number of aliphatic hydroxyl groups excluding tert-OH is 1. The molecule has 1 unspecified atom stereocenters. The van der Waals surface area contributed by atoms with E-state index in [0.717, 1.165) is 13.0 Å². The fourth-order valence-electron chi connectivity index (χ4n) is 1.39. The van der Waals surface area contributed by atoms with Crippen LogP contribution in [0.2, 0.25) is 0 Å². The molecule has 0 saturated carbocycles. The van der Waals surface area contributed by atoms with Crippen molar-refractivity contribution in [3.63, 3.8) is 0 Å². The molecule has 3 nitrogen and oxygen atoms in total. The van der Waals surface area contributed by atoms with Crippen LogP contribution in [0.1, 0.15) is 20.3 Å². The molecule has 1 fully saturated rings. The summed E-state index contributed by atoms with van der Waals surface area (Å²) >= 11 is 0. The summed E-state index contributed by atoms with van der Waals surface area (Å²) in [6.45, 7) is 5.07. The van der Waals surface area contributed by atoms with Crippen molar-refractivity contribution in [1.82, 2.24) is 4.90 Å². The van der Waals surface area contributed by atoms with Crippen LogP contribution in [0.3, 0.4) is 0 Å². The molecule has 1 heterocycles. The monoisotopic (exact) mass is 144 g/mol. The van der Waals surface area contributed by atoms with Gasteiger partial charge in [-0.15, -0.1) is 0 Å². The van der Waals surface area contributed by atoms with Gasteiger partial charge in [-0.3, -0.25) is 4.90 Å². The number of rotatable bonds is 1. The lowest BCUT2D eigenvalue weighted by Crippen LogP contribution is -2.42. The average molecular weight is 144 g/mol. The van der Waals surface area contributed by atoms with Gasteiger partial charge in [0.05, 0.1) is 0 Å². The molecule has 0 radical (unpaired) electrons. The van der Waals surface area contributed by atoms with Crippen molar-refractivity contribution < 1.29 is 5.11 Å². The second kappa shape index (κ2) is 2.86. The summed E-state index contributed by atoms with van der Waals surface area (Å²) in [5, 5.41) is 9.43. The quantitative estimate of drug-likeness (QED) is 0.533. The topological polar surface area (TPSA) is 49.5 Å². The van der Waals surface area contributed by atoms with Crippen LogP contribution < -0.4 is 5.73 Å². The van der Waals surface area contributed by atoms with Crippen LogP contribution in [0.15, 0.2) is 0 Å². The molecule has 10 heavy (non-hydrogen) atoms. The molecular weight excluding hydrogens is 128 g/mol. The highest BCUT2D eigenvalue weighted by Gasteiger charge is 2.30. The smallest absolute Gasteiger partial charge is 0.122 e. The second-order valence-corrected chi connectivity index (χ2v) is 3.20. The van der Waals surface area contributed by atoms with Crippen molar-refractivity contribution in [3.05, 3.63) is 0 Å². The highest BCUT2D eigenvalue weighted by atomic mass is 16.3. The standard InChI is InChI=1S/C7H16N2O/c1-5(2)9-4-3-6(8)7(9)10/h5-7,10H,3-4,8H2,1-2H3/t6-,7?/m1/s1. The number of nitrogens with two attached hydrogens (primary N) is 1. The van der Waals surface area contributed by atoms with Gasteiger partial charge >= 0.3 is 0 Å². The zero-order valence-corrected chi connectivity index (χ0v) is 6.62. The van der Waals surface area contributed by atoms with Crippen molar-refractivity contribution in [1.29, 1.82) is 0 Å². The first kappa shape index (κ1) is 7.98. The van der Waals surface area contributed by atoms with Gasteiger partial charge in [0.25, 0.3) is 0 Å². The maximum atomic E-state index is 9.43. The van der Waals surface area contributed by atoms with Gasteiger partial charge in [0.1, 0.15) is 6.23 Å². The maximum Gasteiger partial charge on any atom is 0.122 e. The van der Waals surface area contributed by atoms with Crippen LogP contribution in [0, 0.1) is 0 Å². The summed E-state index contributed by atoms with van der Waals surface area (Å²) < 4.78 is 0. The zero-order valence-electron chi connectivity index (χ0n) is 6.62. The Hall–Kier alpha value is -0.120. The van der Waals surface area contributed by atoms with Crippen LogP contribution in [0.4, 0.5) is 0 Å². The van der Waals surface area contributed by atoms with Crippen molar-refractivity contribution >= 4 is 0 Å². The lowest BCUT2D eigenvalue weighted by atomic mass is 10.2. The summed E-state index contributed by atoms with van der Waals surface area (Å²) in [6, 6.07) is 0.367. The van der Waals surface area contributed by atoms with Crippen molar-refractivity contribution in [3.8, 4) is 0 Å². The predicted molar refractivity (Wildman–Crippen MR) is 40.4 cm³/mol. The Labute approximate surface area is 61.8 Å². The first-order chi connectivity index (χ1) is 4.63. The van der Waals surface area contributed by atoms with E-state index in [1.54, 1.807) is 0 Å². The Morgan fingerprint density at radius 2 is 2.20 bits per heavy atom. The van der Waals surface area contributed by atoms with Gasteiger partial charge in [-0.05, 0) is 20.3 Å². The predicted octanol–water partition coefficient (Wildman–Crippen LogP) is -0.254. The van der Waals surface area contributed by atoms with Gasteiger partial charge in [0, 0.05) is 18.6 Å². The minimum Gasteiger partial charge on any atom is -0.377 e. The van der Waals surface area contributed by atoms with Crippen LogP contribution in [0.5, 0.6) is 0 Å². The van der Waals surface area contributed by atoms with Crippen LogP contribution in [-0.2, 0) is 0 Å². The Morgan fingerprint density at radius 1 is 1.60 bits per heavy atom. The molecule has 1 aliphatic rings. The van der Waals surface area contributed by atoms with E-state index in [2.05, 4.69) is 13.8 Å². The molecule has 3 heteroatoms. The van der Waals surface area contributed by atoms with Gasteiger partial charge in [-0.2, -0.15) is 0 Å². The first-order valence-corrected chi connectivity index (χ1v) is 3.82. The molecule has 0 aliphatic carbocycles. The summed E-state index contributed by atoms with van der Waals surface area (Å²) in [5.74, 6) is 0. The van der Waals surface area contributed by atoms with Crippen LogP contribution in [-0.4, -0.2) is 34.9 Å². The largest absolute Gasteiger partial charge is 0.377 e. The van der Waals surface area contributed by atoms with Crippen LogP contribution in [0.25, 0.3) is 0 Å². The summed E-state index contributed by atoms with van der Waals surface area (Å²) in [6.07, 6.45) is 0.499. The SMILES string of the molecule is CC(C)N1CC[C@@H](N)C1O. The Kier molecular flexibility index (Phi) is 2.28. The van der Waals surface area contributed by atoms with E-state index in [1.807, 2.05) is 4.90 Å². The Bertz CT molecular complexity index is 116. The van der Waals surface area contributed by atoms with Crippen LogP contribution >= 0.6 is 0 Å². The molecule has 0 aromatic rings. The minimum atomic E-state index is -0.417. The van der Waals surface area contributed by atoms with E-state index in [0.29, 0.717) is 6.04 Å². The number of likely N-dealkylation sites (tertiary alicyclic amines) is 1. The third-order valence-corrected chi connectivity index (χ3v) is 2.11. The lowest BCUT2D eigenvalue weighted by Gasteiger charge is -2.25. The normalized spacial score (nSPS) is 35.7. The molecule has 0 aromatic heterocycles. The summed E-state index contributed by atoms with van der Waals surface area (Å²) in [5.41, 5.74) is 5.61. The minimum absolute atomic E-state index is 0.0394. The lowest BCUT2D eigenvalue weighted by molar-refractivity contribution is 0.00903. The molecule has 0 amide bonds. The Morgan fingerprint density at radius 3 is 2.40 bits per heavy atom. The van der Waals surface area contributed by atoms with E-state index in [4.69, 9.17) is 5.73 Å². The fourth-order valence-corrected chi connectivity index (χ4v) is 1.39. The van der Waals surface area contributed by atoms with Gasteiger partial charge < -0.3 is 10.8 Å². The van der Waals surface area contributed by atoms with Gasteiger partial charge in [0.2, 0.25) is 0 Å². The summed E-state index contributed by atoms with van der Waals surface area (Å²) in [7, 11) is 0. The summed E-state index contributed by atoms with van der Waals surface area (Å²) in [4.78, 5) is 2.02. The van der Waals surface area contributed by atoms with Gasteiger partial charge in [0.15, 0.2) is 0 Å². The molecule has 0 bridgehead atoms. The van der Waals surface area contributed by atoms with E-state index in [9.17, 15) is 5.11 Å². The molecule has 3 N–H and O–H groups in total. The molecule has 0 aromatic carbocycles. The highest BCUT2D eigenvalue weighted by Crippen LogP contribution is 2.16. The van der Waals surface area contributed by atoms with Gasteiger partial charge in [-0.1, -0.05) is 0 Å². The molecular formula is C7H16N2O. The average Bonchev–Trinajstić information content (AvgIpc) is 2.14. The number of hydrogen-bond donors (Lipinski definition) is 2. The first-order valence-electron chi connectivity index (χ1n) is 3.82. The second-order valence-electron chi connectivity index (χ2n) is 3.20. The molecule has 60 valence electrons. The van der Waals surface area contributed by atoms with Crippen molar-refractivity contribution in [2.45, 2.75) is 38.6 Å². The zero-order chi connectivity index (χ0) is 7.72. The van der Waals surface area contributed by atoms with Crippen molar-refractivity contribution in [2.24, 2.45) is 5.73 Å². The van der Waals surface area contributed by atoms with E-state index in [-0.39, 0.29) is 6.04 Å². The molecule has 1 aliphatic heterocycles. The van der Waals surface area contributed by atoms with Gasteiger partial charge in [-0.25, -0.2) is 0 Å². The fraction of sp³-hybridized carbons (Fsp3) is 1.00. The Balaban J connectivity index is 2.49. The van der Waals surface area contributed by atoms with E-state index in [1.165, 1.54) is 0 Å². The number of nitrogens with zero attached hydrogens (tertiary/aromatic N) is 1. The van der Waals surface area contributed by atoms with E-state index >= 15 is 0 Å².